The fraction of sp³-hybridized carbons (Fsp3) is 0.231. The molecule has 0 saturated carbocycles. The van der Waals surface area contributed by atoms with Crippen LogP contribution >= 0.6 is 0 Å². The van der Waals surface area contributed by atoms with Crippen LogP contribution in [0.15, 0.2) is 35.5 Å². The highest BCUT2D eigenvalue weighted by molar-refractivity contribution is 6.00. The molecule has 1 heterocycles. The normalized spacial score (nSPS) is 11.6. The third-order valence-corrected chi connectivity index (χ3v) is 2.75. The van der Waals surface area contributed by atoms with Crippen molar-refractivity contribution in [1.29, 1.82) is 0 Å². The van der Waals surface area contributed by atoms with Gasteiger partial charge >= 0.3 is 0 Å². The SMILES string of the molecule is Cc1nn(C)c(OCc2ccccc2)c1C(N)=NO. The van der Waals surface area contributed by atoms with Crippen molar-refractivity contribution in [2.45, 2.75) is 13.5 Å². The molecule has 1 aromatic heterocycles. The Kier molecular flexibility index (Phi) is 3.70. The van der Waals surface area contributed by atoms with E-state index in [1.54, 1.807) is 18.7 Å². The van der Waals surface area contributed by atoms with Crippen LogP contribution in [0.5, 0.6) is 5.88 Å². The average Bonchev–Trinajstić information content (AvgIpc) is 2.71. The quantitative estimate of drug-likeness (QED) is 0.376. The summed E-state index contributed by atoms with van der Waals surface area (Å²) in [6.07, 6.45) is 0. The van der Waals surface area contributed by atoms with E-state index in [4.69, 9.17) is 15.7 Å². The highest BCUT2D eigenvalue weighted by atomic mass is 16.5. The minimum atomic E-state index is -0.00587. The predicted octanol–water partition coefficient (Wildman–Crippen LogP) is 1.40. The molecule has 1 aromatic carbocycles. The van der Waals surface area contributed by atoms with Gasteiger partial charge in [0.2, 0.25) is 5.88 Å². The van der Waals surface area contributed by atoms with Gasteiger partial charge in [0.05, 0.1) is 5.69 Å². The first-order valence-electron chi connectivity index (χ1n) is 5.81. The molecule has 0 unspecified atom stereocenters. The molecule has 2 aromatic rings. The molecule has 0 radical (unpaired) electrons. The standard InChI is InChI=1S/C13H16N4O2/c1-9-11(12(14)16-18)13(17(2)15-9)19-8-10-6-4-3-5-7-10/h3-7,18H,8H2,1-2H3,(H2,14,16). The summed E-state index contributed by atoms with van der Waals surface area (Å²) in [6.45, 7) is 2.17. The summed E-state index contributed by atoms with van der Waals surface area (Å²) in [5.74, 6) is 0.477. The molecule has 6 nitrogen and oxygen atoms in total. The number of nitrogens with zero attached hydrogens (tertiary/aromatic N) is 3. The zero-order chi connectivity index (χ0) is 13.8. The van der Waals surface area contributed by atoms with Crippen molar-refractivity contribution < 1.29 is 9.94 Å². The number of benzene rings is 1. The molecule has 6 heteroatoms. The highest BCUT2D eigenvalue weighted by Gasteiger charge is 2.18. The van der Waals surface area contributed by atoms with Crippen molar-refractivity contribution >= 4 is 5.84 Å². The van der Waals surface area contributed by atoms with E-state index in [1.165, 1.54) is 0 Å². The Morgan fingerprint density at radius 2 is 2.11 bits per heavy atom. The maximum Gasteiger partial charge on any atom is 0.223 e. The monoisotopic (exact) mass is 260 g/mol. The van der Waals surface area contributed by atoms with Crippen LogP contribution in [0.25, 0.3) is 0 Å². The molecule has 0 saturated heterocycles. The zero-order valence-electron chi connectivity index (χ0n) is 10.9. The topological polar surface area (TPSA) is 85.7 Å². The van der Waals surface area contributed by atoms with Crippen LogP contribution in [0, 0.1) is 6.92 Å². The fourth-order valence-electron chi connectivity index (χ4n) is 1.87. The third-order valence-electron chi connectivity index (χ3n) is 2.75. The van der Waals surface area contributed by atoms with Gasteiger partial charge in [-0.15, -0.1) is 0 Å². The van der Waals surface area contributed by atoms with Crippen LogP contribution in [0.1, 0.15) is 16.8 Å². The molecule has 3 N–H and O–H groups in total. The van der Waals surface area contributed by atoms with Crippen LogP contribution in [0.2, 0.25) is 0 Å². The van der Waals surface area contributed by atoms with Crippen molar-refractivity contribution in [3.63, 3.8) is 0 Å². The van der Waals surface area contributed by atoms with E-state index in [0.29, 0.717) is 23.7 Å². The lowest BCUT2D eigenvalue weighted by Gasteiger charge is -2.08. The van der Waals surface area contributed by atoms with E-state index in [0.717, 1.165) is 5.56 Å². The number of rotatable bonds is 4. The van der Waals surface area contributed by atoms with Crippen molar-refractivity contribution in [2.24, 2.45) is 17.9 Å². The van der Waals surface area contributed by atoms with Crippen LogP contribution in [-0.4, -0.2) is 20.8 Å². The van der Waals surface area contributed by atoms with E-state index in [1.807, 2.05) is 30.3 Å². The van der Waals surface area contributed by atoms with Crippen molar-refractivity contribution in [3.8, 4) is 5.88 Å². The second-order valence-corrected chi connectivity index (χ2v) is 4.15. The molecule has 100 valence electrons. The molecule has 0 bridgehead atoms. The lowest BCUT2D eigenvalue weighted by Crippen LogP contribution is -2.15. The lowest BCUT2D eigenvalue weighted by molar-refractivity contribution is 0.277. The summed E-state index contributed by atoms with van der Waals surface area (Å²) < 4.78 is 7.30. The van der Waals surface area contributed by atoms with Crippen LogP contribution < -0.4 is 10.5 Å². The third kappa shape index (κ3) is 2.67. The van der Waals surface area contributed by atoms with Gasteiger partial charge in [-0.05, 0) is 12.5 Å². The number of hydrogen-bond acceptors (Lipinski definition) is 4. The summed E-state index contributed by atoms with van der Waals surface area (Å²) in [6, 6.07) is 9.76. The first-order valence-corrected chi connectivity index (χ1v) is 5.81. The molecule has 0 aliphatic carbocycles. The lowest BCUT2D eigenvalue weighted by atomic mass is 10.2. The van der Waals surface area contributed by atoms with Crippen molar-refractivity contribution in [1.82, 2.24) is 9.78 Å². The van der Waals surface area contributed by atoms with E-state index >= 15 is 0 Å². The van der Waals surface area contributed by atoms with Crippen LogP contribution in [0.3, 0.4) is 0 Å². The second-order valence-electron chi connectivity index (χ2n) is 4.15. The fourth-order valence-corrected chi connectivity index (χ4v) is 1.87. The molecule has 0 aliphatic rings. The number of aromatic nitrogens is 2. The summed E-state index contributed by atoms with van der Waals surface area (Å²) in [5, 5.41) is 16.0. The van der Waals surface area contributed by atoms with Gasteiger partial charge in [-0.1, -0.05) is 35.5 Å². The molecular weight excluding hydrogens is 244 g/mol. The molecule has 0 spiro atoms. The number of oxime groups is 1. The molecule has 0 atom stereocenters. The van der Waals surface area contributed by atoms with Gasteiger partial charge in [0.15, 0.2) is 5.84 Å². The number of nitrogens with two attached hydrogens (primary N) is 1. The van der Waals surface area contributed by atoms with Gasteiger partial charge in [0.1, 0.15) is 12.2 Å². The van der Waals surface area contributed by atoms with Crippen LogP contribution in [0.4, 0.5) is 0 Å². The smallest absolute Gasteiger partial charge is 0.223 e. The Morgan fingerprint density at radius 1 is 1.42 bits per heavy atom. The summed E-state index contributed by atoms with van der Waals surface area (Å²) in [7, 11) is 1.75. The Morgan fingerprint density at radius 3 is 2.74 bits per heavy atom. The Hall–Kier alpha value is -2.50. The predicted molar refractivity (Wildman–Crippen MR) is 71.2 cm³/mol. The molecular formula is C13H16N4O2. The minimum absolute atomic E-state index is 0.00587. The molecule has 19 heavy (non-hydrogen) atoms. The summed E-state index contributed by atoms with van der Waals surface area (Å²) in [5.41, 5.74) is 7.85. The Labute approximate surface area is 111 Å². The largest absolute Gasteiger partial charge is 0.472 e. The van der Waals surface area contributed by atoms with Gasteiger partial charge in [0, 0.05) is 7.05 Å². The molecule has 0 amide bonds. The zero-order valence-corrected chi connectivity index (χ0v) is 10.9. The van der Waals surface area contributed by atoms with Gasteiger partial charge < -0.3 is 15.7 Å². The number of hydrogen-bond donors (Lipinski definition) is 2. The van der Waals surface area contributed by atoms with Gasteiger partial charge in [0.25, 0.3) is 0 Å². The van der Waals surface area contributed by atoms with Gasteiger partial charge in [-0.3, -0.25) is 0 Å². The van der Waals surface area contributed by atoms with E-state index in [2.05, 4.69) is 10.3 Å². The summed E-state index contributed by atoms with van der Waals surface area (Å²) in [4.78, 5) is 0. The highest BCUT2D eigenvalue weighted by Crippen LogP contribution is 2.22. The molecule has 0 aliphatic heterocycles. The number of aryl methyl sites for hydroxylation is 2. The van der Waals surface area contributed by atoms with E-state index < -0.39 is 0 Å². The molecule has 2 rings (SSSR count). The number of amidine groups is 1. The first-order chi connectivity index (χ1) is 9.13. The summed E-state index contributed by atoms with van der Waals surface area (Å²) >= 11 is 0. The number of ether oxygens (including phenoxy) is 1. The maximum atomic E-state index is 8.80. The maximum absolute atomic E-state index is 8.80. The van der Waals surface area contributed by atoms with Gasteiger partial charge in [-0.2, -0.15) is 5.10 Å². The van der Waals surface area contributed by atoms with E-state index in [-0.39, 0.29) is 5.84 Å². The Bertz CT molecular complexity index is 590. The second kappa shape index (κ2) is 5.43. The first kappa shape index (κ1) is 12.9. The average molecular weight is 260 g/mol. The minimum Gasteiger partial charge on any atom is -0.472 e. The van der Waals surface area contributed by atoms with Gasteiger partial charge in [-0.25, -0.2) is 4.68 Å². The molecule has 0 fully saturated rings. The van der Waals surface area contributed by atoms with Crippen molar-refractivity contribution in [2.75, 3.05) is 0 Å². The van der Waals surface area contributed by atoms with Crippen molar-refractivity contribution in [3.05, 3.63) is 47.2 Å². The Balaban J connectivity index is 2.25. The van der Waals surface area contributed by atoms with E-state index in [9.17, 15) is 0 Å². The van der Waals surface area contributed by atoms with Crippen LogP contribution in [-0.2, 0) is 13.7 Å².